The summed E-state index contributed by atoms with van der Waals surface area (Å²) in [6.45, 7) is 7.03. The van der Waals surface area contributed by atoms with E-state index in [-0.39, 0.29) is 42.8 Å². The maximum absolute atomic E-state index is 12.8. The molecule has 29 heavy (non-hydrogen) atoms. The van der Waals surface area contributed by atoms with Crippen molar-refractivity contribution in [3.05, 3.63) is 46.7 Å². The van der Waals surface area contributed by atoms with E-state index in [1.54, 1.807) is 24.4 Å². The number of imidazole rings is 1. The predicted octanol–water partition coefficient (Wildman–Crippen LogP) is 1.54. The molecule has 0 aliphatic heterocycles. The van der Waals surface area contributed by atoms with Crippen LogP contribution in [0.25, 0.3) is 11.0 Å². The van der Waals surface area contributed by atoms with Crippen molar-refractivity contribution in [2.24, 2.45) is 0 Å². The van der Waals surface area contributed by atoms with Crippen LogP contribution in [0.4, 0.5) is 0 Å². The zero-order chi connectivity index (χ0) is 20.1. The summed E-state index contributed by atoms with van der Waals surface area (Å²) in [7, 11) is -1.36. The van der Waals surface area contributed by atoms with Gasteiger partial charge in [0.1, 0.15) is 12.4 Å². The van der Waals surface area contributed by atoms with Crippen molar-refractivity contribution < 1.29 is 44.7 Å². The monoisotopic (exact) mass is 445 g/mol. The van der Waals surface area contributed by atoms with E-state index in [0.717, 1.165) is 34.5 Å². The van der Waals surface area contributed by atoms with Crippen molar-refractivity contribution in [1.82, 2.24) is 15.0 Å². The third-order valence-electron chi connectivity index (χ3n) is 4.48. The molecule has 0 spiro atoms. The molecule has 2 atom stereocenters. The summed E-state index contributed by atoms with van der Waals surface area (Å²) in [4.78, 5) is 11.8. The molecule has 1 aromatic carbocycles. The quantitative estimate of drug-likeness (QED) is 0.399. The summed E-state index contributed by atoms with van der Waals surface area (Å²) < 4.78 is 24.2. The molecule has 3 aromatic rings. The number of nitrogens with one attached hydrogen (secondary N) is 1. The molecule has 0 saturated carbocycles. The van der Waals surface area contributed by atoms with Gasteiger partial charge in [0.15, 0.2) is 5.16 Å². The van der Waals surface area contributed by atoms with Crippen molar-refractivity contribution in [2.75, 3.05) is 13.2 Å². The van der Waals surface area contributed by atoms with Gasteiger partial charge in [0.2, 0.25) is 0 Å². The normalized spacial score (nSPS) is 13.1. The van der Waals surface area contributed by atoms with Gasteiger partial charge in [-0.3, -0.25) is 9.19 Å². The Balaban J connectivity index is 0.00000225. The molecule has 0 saturated heterocycles. The molecule has 0 amide bonds. The Labute approximate surface area is 202 Å². The molecule has 1 N–H and O–H groups in total. The SMILES string of the molecule is CCC(C)OCCOc1ccnc(CS(=O)c2nc3ccc(Cl)cc3[nH]2)c1C.[H-].[Na+]. The Morgan fingerprint density at radius 2 is 2.10 bits per heavy atom. The Morgan fingerprint density at radius 1 is 1.31 bits per heavy atom. The van der Waals surface area contributed by atoms with Gasteiger partial charge in [-0.05, 0) is 44.5 Å². The van der Waals surface area contributed by atoms with Crippen molar-refractivity contribution in [3.8, 4) is 5.75 Å². The Morgan fingerprint density at radius 3 is 2.86 bits per heavy atom. The molecule has 3 rings (SSSR count). The second-order valence-electron chi connectivity index (χ2n) is 6.51. The van der Waals surface area contributed by atoms with Crippen LogP contribution in [0.1, 0.15) is 33.0 Å². The Bertz CT molecular complexity index is 989. The number of H-pyrrole nitrogens is 1. The van der Waals surface area contributed by atoms with Gasteiger partial charge in [-0.2, -0.15) is 0 Å². The minimum Gasteiger partial charge on any atom is -1.00 e. The molecule has 0 radical (unpaired) electrons. The average molecular weight is 446 g/mol. The number of fused-ring (bicyclic) bond motifs is 1. The fraction of sp³-hybridized carbons (Fsp3) is 0.400. The number of hydrogen-bond acceptors (Lipinski definition) is 5. The second-order valence-corrected chi connectivity index (χ2v) is 8.32. The largest absolute Gasteiger partial charge is 1.00 e. The van der Waals surface area contributed by atoms with Crippen LogP contribution >= 0.6 is 11.6 Å². The second kappa shape index (κ2) is 11.4. The predicted molar refractivity (Wildman–Crippen MR) is 113 cm³/mol. The first-order valence-electron chi connectivity index (χ1n) is 9.20. The number of aromatic amines is 1. The Kier molecular flexibility index (Phi) is 9.59. The van der Waals surface area contributed by atoms with Gasteiger partial charge in [-0.25, -0.2) is 4.98 Å². The van der Waals surface area contributed by atoms with E-state index < -0.39 is 10.8 Å². The molecule has 2 unspecified atom stereocenters. The summed E-state index contributed by atoms with van der Waals surface area (Å²) >= 11 is 6.00. The van der Waals surface area contributed by atoms with E-state index in [1.165, 1.54) is 0 Å². The first-order valence-corrected chi connectivity index (χ1v) is 10.9. The van der Waals surface area contributed by atoms with Crippen molar-refractivity contribution in [1.29, 1.82) is 0 Å². The summed E-state index contributed by atoms with van der Waals surface area (Å²) in [5, 5.41) is 1.01. The van der Waals surface area contributed by atoms with Crippen molar-refractivity contribution >= 4 is 33.4 Å². The number of aromatic nitrogens is 3. The number of pyridine rings is 1. The topological polar surface area (TPSA) is 77.1 Å². The summed E-state index contributed by atoms with van der Waals surface area (Å²) in [6, 6.07) is 7.14. The maximum Gasteiger partial charge on any atom is 1.00 e. The van der Waals surface area contributed by atoms with Crippen molar-refractivity contribution in [2.45, 2.75) is 44.2 Å². The molecule has 0 bridgehead atoms. The molecule has 6 nitrogen and oxygen atoms in total. The first-order chi connectivity index (χ1) is 13.5. The molecule has 2 aromatic heterocycles. The van der Waals surface area contributed by atoms with Crippen LogP contribution < -0.4 is 34.3 Å². The number of hydrogen-bond donors (Lipinski definition) is 1. The number of halogens is 1. The van der Waals surface area contributed by atoms with Crippen LogP contribution in [0.15, 0.2) is 35.6 Å². The number of ether oxygens (including phenoxy) is 2. The molecule has 2 heterocycles. The average Bonchev–Trinajstić information content (AvgIpc) is 3.10. The van der Waals surface area contributed by atoms with Gasteiger partial charge in [0, 0.05) is 16.8 Å². The minimum atomic E-state index is -1.36. The zero-order valence-electron chi connectivity index (χ0n) is 18.2. The van der Waals surface area contributed by atoms with Crippen LogP contribution in [-0.4, -0.2) is 38.5 Å². The van der Waals surface area contributed by atoms with E-state index >= 15 is 0 Å². The van der Waals surface area contributed by atoms with Crippen molar-refractivity contribution in [3.63, 3.8) is 0 Å². The Hall–Kier alpha value is -0.960. The molecule has 0 aliphatic rings. The standard InChI is InChI=1S/C20H24ClN3O3S.Na.H/c1-4-13(2)26-9-10-27-19-7-8-22-18(14(19)3)12-28(25)20-23-16-6-5-15(21)11-17(16)24-20;;/h5-8,11,13H,4,9-10,12H2,1-3H3,(H,23,24);;/q;+1;-1. The van der Waals surface area contributed by atoms with E-state index in [4.69, 9.17) is 21.1 Å². The fourth-order valence-electron chi connectivity index (χ4n) is 2.64. The zero-order valence-corrected chi connectivity index (χ0v) is 20.8. The number of benzene rings is 1. The van der Waals surface area contributed by atoms with Gasteiger partial charge in [-0.1, -0.05) is 18.5 Å². The first kappa shape index (κ1) is 24.3. The molecule has 152 valence electrons. The molecular weight excluding hydrogens is 421 g/mol. The summed E-state index contributed by atoms with van der Waals surface area (Å²) in [5.74, 6) is 0.978. The van der Waals surface area contributed by atoms with Crippen LogP contribution in [-0.2, 0) is 21.3 Å². The van der Waals surface area contributed by atoms with Gasteiger partial charge >= 0.3 is 29.6 Å². The van der Waals surface area contributed by atoms with Gasteiger partial charge < -0.3 is 15.9 Å². The van der Waals surface area contributed by atoms with Crippen LogP contribution in [0.2, 0.25) is 5.02 Å². The molecule has 9 heteroatoms. The minimum absolute atomic E-state index is 0. The van der Waals surface area contributed by atoms with Gasteiger partial charge in [0.05, 0.1) is 46.0 Å². The molecule has 0 aliphatic carbocycles. The number of nitrogens with zero attached hydrogens (tertiary/aromatic N) is 2. The number of rotatable bonds is 9. The van der Waals surface area contributed by atoms with Crippen LogP contribution in [0.5, 0.6) is 5.75 Å². The fourth-order valence-corrected chi connectivity index (χ4v) is 3.91. The molecular formula is C20H25ClN3NaO3S. The van der Waals surface area contributed by atoms with Gasteiger partial charge in [-0.15, -0.1) is 0 Å². The maximum atomic E-state index is 12.8. The van der Waals surface area contributed by atoms with E-state index in [1.807, 2.05) is 19.9 Å². The van der Waals surface area contributed by atoms with Crippen LogP contribution in [0, 0.1) is 6.92 Å². The van der Waals surface area contributed by atoms with Crippen LogP contribution in [0.3, 0.4) is 0 Å². The van der Waals surface area contributed by atoms with E-state index in [0.29, 0.717) is 23.4 Å². The third kappa shape index (κ3) is 6.51. The molecule has 0 fully saturated rings. The third-order valence-corrected chi connectivity index (χ3v) is 5.88. The summed E-state index contributed by atoms with van der Waals surface area (Å²) in [6.07, 6.45) is 2.86. The smallest absolute Gasteiger partial charge is 1.00 e. The van der Waals surface area contributed by atoms with Gasteiger partial charge in [0.25, 0.3) is 0 Å². The van der Waals surface area contributed by atoms with E-state index in [9.17, 15) is 4.21 Å². The van der Waals surface area contributed by atoms with E-state index in [2.05, 4.69) is 21.9 Å². The summed E-state index contributed by atoms with van der Waals surface area (Å²) in [5.41, 5.74) is 3.09.